The van der Waals surface area contributed by atoms with Gasteiger partial charge < -0.3 is 15.1 Å². The molecule has 2 amide bonds. The van der Waals surface area contributed by atoms with Gasteiger partial charge in [0.15, 0.2) is 0 Å². The quantitative estimate of drug-likeness (QED) is 0.778. The van der Waals surface area contributed by atoms with E-state index in [1.54, 1.807) is 29.2 Å². The molecule has 1 N–H and O–H groups in total. The van der Waals surface area contributed by atoms with E-state index in [4.69, 9.17) is 11.6 Å². The van der Waals surface area contributed by atoms with Gasteiger partial charge in [-0.25, -0.2) is 0 Å². The third kappa shape index (κ3) is 4.30. The number of anilines is 3. The fraction of sp³-hybridized carbons (Fsp3) is 0.364. The highest BCUT2D eigenvalue weighted by molar-refractivity contribution is 6.30. The van der Waals surface area contributed by atoms with Crippen LogP contribution in [0.2, 0.25) is 5.02 Å². The van der Waals surface area contributed by atoms with Crippen LogP contribution in [0.25, 0.3) is 0 Å². The van der Waals surface area contributed by atoms with E-state index < -0.39 is 0 Å². The molecule has 1 unspecified atom stereocenters. The minimum Gasteiger partial charge on any atom is -0.372 e. The fourth-order valence-electron chi connectivity index (χ4n) is 3.65. The van der Waals surface area contributed by atoms with Crippen LogP contribution in [0.5, 0.6) is 0 Å². The summed E-state index contributed by atoms with van der Waals surface area (Å²) >= 11 is 5.97. The van der Waals surface area contributed by atoms with Gasteiger partial charge in [-0.3, -0.25) is 9.59 Å². The Hall–Kier alpha value is -2.53. The highest BCUT2D eigenvalue weighted by Crippen LogP contribution is 2.31. The standard InChI is InChI=1S/C22H26ClN3O2/c1-4-25(5-2)19-9-10-20(15(3)11-19)26-14-16(12-21(26)27)22(28)24-18-8-6-7-17(23)13-18/h6-11,13,16H,4-5,12,14H2,1-3H3,(H,24,28). The first kappa shape index (κ1) is 20.2. The topological polar surface area (TPSA) is 52.6 Å². The van der Waals surface area contributed by atoms with Crippen molar-refractivity contribution < 1.29 is 9.59 Å². The first-order valence-electron chi connectivity index (χ1n) is 9.65. The van der Waals surface area contributed by atoms with Gasteiger partial charge in [0.1, 0.15) is 0 Å². The van der Waals surface area contributed by atoms with Crippen LogP contribution in [0.1, 0.15) is 25.8 Å². The van der Waals surface area contributed by atoms with Gasteiger partial charge in [-0.2, -0.15) is 0 Å². The summed E-state index contributed by atoms with van der Waals surface area (Å²) in [6.45, 7) is 8.51. The number of nitrogens with zero attached hydrogens (tertiary/aromatic N) is 2. The third-order valence-electron chi connectivity index (χ3n) is 5.19. The van der Waals surface area contributed by atoms with E-state index in [1.807, 2.05) is 19.1 Å². The van der Waals surface area contributed by atoms with Gasteiger partial charge in [0.05, 0.1) is 5.92 Å². The van der Waals surface area contributed by atoms with E-state index in [0.717, 1.165) is 30.0 Å². The number of amides is 2. The minimum atomic E-state index is -0.381. The molecular formula is C22H26ClN3O2. The maximum Gasteiger partial charge on any atom is 0.229 e. The van der Waals surface area contributed by atoms with Crippen LogP contribution in [0.4, 0.5) is 17.1 Å². The summed E-state index contributed by atoms with van der Waals surface area (Å²) in [6.07, 6.45) is 0.212. The zero-order valence-corrected chi connectivity index (χ0v) is 17.3. The van der Waals surface area contributed by atoms with Crippen molar-refractivity contribution in [3.63, 3.8) is 0 Å². The molecule has 3 rings (SSSR count). The Morgan fingerprint density at radius 3 is 2.61 bits per heavy atom. The van der Waals surface area contributed by atoms with Crippen LogP contribution in [-0.2, 0) is 9.59 Å². The summed E-state index contributed by atoms with van der Waals surface area (Å²) < 4.78 is 0. The molecule has 1 aliphatic heterocycles. The number of benzene rings is 2. The lowest BCUT2D eigenvalue weighted by Crippen LogP contribution is -2.29. The Morgan fingerprint density at radius 1 is 1.21 bits per heavy atom. The normalized spacial score (nSPS) is 16.4. The van der Waals surface area contributed by atoms with Crippen molar-refractivity contribution in [3.05, 3.63) is 53.1 Å². The number of aryl methyl sites for hydroxylation is 1. The van der Waals surface area contributed by atoms with Crippen molar-refractivity contribution in [3.8, 4) is 0 Å². The number of carbonyl (C=O) groups is 2. The maximum absolute atomic E-state index is 12.6. The van der Waals surface area contributed by atoms with Crippen molar-refractivity contribution in [1.29, 1.82) is 0 Å². The second-order valence-corrected chi connectivity index (χ2v) is 7.48. The van der Waals surface area contributed by atoms with Gasteiger partial charge in [-0.05, 0) is 62.7 Å². The Labute approximate surface area is 171 Å². The monoisotopic (exact) mass is 399 g/mol. The summed E-state index contributed by atoms with van der Waals surface area (Å²) in [4.78, 5) is 29.2. The van der Waals surface area contributed by atoms with E-state index in [9.17, 15) is 9.59 Å². The highest BCUT2D eigenvalue weighted by atomic mass is 35.5. The summed E-state index contributed by atoms with van der Waals surface area (Å²) in [5.74, 6) is -0.561. The Bertz CT molecular complexity index is 880. The first-order chi connectivity index (χ1) is 13.4. The number of halogens is 1. The summed E-state index contributed by atoms with van der Waals surface area (Å²) in [5.41, 5.74) is 3.70. The van der Waals surface area contributed by atoms with E-state index in [-0.39, 0.29) is 24.2 Å². The van der Waals surface area contributed by atoms with Gasteiger partial charge in [0.25, 0.3) is 0 Å². The average Bonchev–Trinajstić information content (AvgIpc) is 3.04. The molecule has 1 atom stereocenters. The minimum absolute atomic E-state index is 0.0232. The van der Waals surface area contributed by atoms with E-state index >= 15 is 0 Å². The molecule has 0 aliphatic carbocycles. The molecule has 0 saturated carbocycles. The lowest BCUT2D eigenvalue weighted by molar-refractivity contribution is -0.122. The lowest BCUT2D eigenvalue weighted by atomic mass is 10.1. The molecule has 148 valence electrons. The van der Waals surface area contributed by atoms with Gasteiger partial charge in [-0.15, -0.1) is 0 Å². The Balaban J connectivity index is 1.73. The predicted octanol–water partition coefficient (Wildman–Crippen LogP) is 4.49. The molecule has 1 saturated heterocycles. The maximum atomic E-state index is 12.6. The second-order valence-electron chi connectivity index (χ2n) is 7.05. The molecule has 1 fully saturated rings. The van der Waals surface area contributed by atoms with Crippen LogP contribution in [0.3, 0.4) is 0 Å². The summed E-state index contributed by atoms with van der Waals surface area (Å²) in [7, 11) is 0. The molecule has 28 heavy (non-hydrogen) atoms. The van der Waals surface area contributed by atoms with Crippen LogP contribution in [0, 0.1) is 12.8 Å². The molecule has 2 aromatic carbocycles. The average molecular weight is 400 g/mol. The summed E-state index contributed by atoms with van der Waals surface area (Å²) in [5, 5.41) is 3.42. The highest BCUT2D eigenvalue weighted by Gasteiger charge is 2.35. The van der Waals surface area contributed by atoms with Crippen LogP contribution in [-0.4, -0.2) is 31.4 Å². The van der Waals surface area contributed by atoms with Crippen LogP contribution >= 0.6 is 11.6 Å². The molecule has 1 aliphatic rings. The molecule has 6 heteroatoms. The molecule has 1 heterocycles. The predicted molar refractivity (Wildman–Crippen MR) is 115 cm³/mol. The molecule has 0 aromatic heterocycles. The van der Waals surface area contributed by atoms with E-state index in [0.29, 0.717) is 17.3 Å². The van der Waals surface area contributed by atoms with Crippen LogP contribution in [0.15, 0.2) is 42.5 Å². The van der Waals surface area contributed by atoms with Crippen molar-refractivity contribution in [1.82, 2.24) is 0 Å². The van der Waals surface area contributed by atoms with Gasteiger partial charge in [0.2, 0.25) is 11.8 Å². The number of hydrogen-bond acceptors (Lipinski definition) is 3. The lowest BCUT2D eigenvalue weighted by Gasteiger charge is -2.24. The molecule has 0 bridgehead atoms. The number of hydrogen-bond donors (Lipinski definition) is 1. The summed E-state index contributed by atoms with van der Waals surface area (Å²) in [6, 6.07) is 13.2. The van der Waals surface area contributed by atoms with Crippen LogP contribution < -0.4 is 15.1 Å². The second kappa shape index (κ2) is 8.65. The molecular weight excluding hydrogens is 374 g/mol. The van der Waals surface area contributed by atoms with Crippen molar-refractivity contribution >= 4 is 40.5 Å². The SMILES string of the molecule is CCN(CC)c1ccc(N2CC(C(=O)Nc3cccc(Cl)c3)CC2=O)c(C)c1. The molecule has 5 nitrogen and oxygen atoms in total. The Morgan fingerprint density at radius 2 is 1.96 bits per heavy atom. The molecule has 0 spiro atoms. The largest absolute Gasteiger partial charge is 0.372 e. The molecule has 2 aromatic rings. The first-order valence-corrected chi connectivity index (χ1v) is 10.0. The van der Waals surface area contributed by atoms with Crippen molar-refractivity contribution in [2.24, 2.45) is 5.92 Å². The number of rotatable bonds is 6. The smallest absolute Gasteiger partial charge is 0.229 e. The number of nitrogens with one attached hydrogen (secondary N) is 1. The third-order valence-corrected chi connectivity index (χ3v) is 5.42. The zero-order valence-electron chi connectivity index (χ0n) is 16.5. The fourth-order valence-corrected chi connectivity index (χ4v) is 3.84. The number of carbonyl (C=O) groups excluding carboxylic acids is 2. The molecule has 0 radical (unpaired) electrons. The van der Waals surface area contributed by atoms with E-state index in [1.165, 1.54) is 0 Å². The van der Waals surface area contributed by atoms with Crippen molar-refractivity contribution in [2.75, 3.05) is 34.8 Å². The van der Waals surface area contributed by atoms with Crippen molar-refractivity contribution in [2.45, 2.75) is 27.2 Å². The van der Waals surface area contributed by atoms with E-state index in [2.05, 4.69) is 30.1 Å². The van der Waals surface area contributed by atoms with Gasteiger partial charge >= 0.3 is 0 Å². The Kier molecular flexibility index (Phi) is 6.25. The van der Waals surface area contributed by atoms with Gasteiger partial charge in [0, 0.05) is 48.1 Å². The zero-order chi connectivity index (χ0) is 20.3. The van der Waals surface area contributed by atoms with Gasteiger partial charge in [-0.1, -0.05) is 17.7 Å².